The summed E-state index contributed by atoms with van der Waals surface area (Å²) in [6.07, 6.45) is 1.53. The van der Waals surface area contributed by atoms with Crippen molar-refractivity contribution in [3.05, 3.63) is 22.3 Å². The van der Waals surface area contributed by atoms with Gasteiger partial charge in [-0.05, 0) is 34.8 Å². The average Bonchev–Trinajstić information content (AvgIpc) is 2.56. The van der Waals surface area contributed by atoms with Crippen LogP contribution in [0.5, 0.6) is 0 Å². The van der Waals surface area contributed by atoms with E-state index in [1.54, 1.807) is 13.2 Å². The van der Waals surface area contributed by atoms with Gasteiger partial charge in [-0.2, -0.15) is 0 Å². The highest BCUT2D eigenvalue weighted by atomic mass is 79.9. The van der Waals surface area contributed by atoms with Crippen LogP contribution < -0.4 is 4.90 Å². The molecule has 0 atom stereocenters. The fourth-order valence-electron chi connectivity index (χ4n) is 3.11. The normalized spacial score (nSPS) is 23.8. The molecule has 1 aromatic heterocycles. The van der Waals surface area contributed by atoms with Crippen LogP contribution in [-0.2, 0) is 10.2 Å². The standard InChI is InChI=1S/C13H13BrF2N2O/c1-18-10-9(6-8(14)7-17-10)12(11(18)19)2-4-13(15,16)5-3-12/h6-7H,2-5H2,1H3. The summed E-state index contributed by atoms with van der Waals surface area (Å²) < 4.78 is 27.5. The zero-order chi connectivity index (χ0) is 13.8. The number of hydrogen-bond acceptors (Lipinski definition) is 2. The Hall–Kier alpha value is -1.04. The Labute approximate surface area is 118 Å². The molecule has 1 amide bonds. The number of amides is 1. The lowest BCUT2D eigenvalue weighted by atomic mass is 9.69. The van der Waals surface area contributed by atoms with E-state index in [9.17, 15) is 13.6 Å². The highest BCUT2D eigenvalue weighted by Crippen LogP contribution is 2.52. The monoisotopic (exact) mass is 330 g/mol. The van der Waals surface area contributed by atoms with Crippen molar-refractivity contribution in [3.63, 3.8) is 0 Å². The van der Waals surface area contributed by atoms with E-state index < -0.39 is 11.3 Å². The zero-order valence-electron chi connectivity index (χ0n) is 10.4. The van der Waals surface area contributed by atoms with Gasteiger partial charge in [0.2, 0.25) is 11.8 Å². The van der Waals surface area contributed by atoms with Gasteiger partial charge in [-0.25, -0.2) is 13.8 Å². The summed E-state index contributed by atoms with van der Waals surface area (Å²) >= 11 is 3.34. The first-order valence-electron chi connectivity index (χ1n) is 6.18. The molecule has 0 aromatic carbocycles. The van der Waals surface area contributed by atoms with Gasteiger partial charge in [-0.1, -0.05) is 0 Å². The topological polar surface area (TPSA) is 33.2 Å². The molecule has 0 N–H and O–H groups in total. The van der Waals surface area contributed by atoms with Crippen molar-refractivity contribution in [2.24, 2.45) is 0 Å². The number of alkyl halides is 2. The molecule has 2 aliphatic rings. The number of carbonyl (C=O) groups is 1. The maximum Gasteiger partial charge on any atom is 0.248 e. The number of carbonyl (C=O) groups excluding carboxylic acids is 1. The molecule has 1 spiro atoms. The molecule has 1 saturated carbocycles. The van der Waals surface area contributed by atoms with Gasteiger partial charge in [0.25, 0.3) is 0 Å². The molecule has 0 saturated heterocycles. The first kappa shape index (κ1) is 13.0. The molecule has 1 aliphatic heterocycles. The molecular weight excluding hydrogens is 318 g/mol. The summed E-state index contributed by atoms with van der Waals surface area (Å²) in [5.41, 5.74) is -0.0207. The summed E-state index contributed by atoms with van der Waals surface area (Å²) in [6.45, 7) is 0. The van der Waals surface area contributed by atoms with Gasteiger partial charge in [0, 0.05) is 36.1 Å². The number of nitrogens with zero attached hydrogens (tertiary/aromatic N) is 2. The predicted molar refractivity (Wildman–Crippen MR) is 70.4 cm³/mol. The van der Waals surface area contributed by atoms with E-state index in [1.807, 2.05) is 6.07 Å². The number of hydrogen-bond donors (Lipinski definition) is 0. The summed E-state index contributed by atoms with van der Waals surface area (Å²) in [6, 6.07) is 1.84. The fraction of sp³-hybridized carbons (Fsp3) is 0.538. The Bertz CT molecular complexity index is 552. The highest BCUT2D eigenvalue weighted by Gasteiger charge is 2.55. The van der Waals surface area contributed by atoms with Gasteiger partial charge in [-0.3, -0.25) is 9.69 Å². The molecule has 3 rings (SSSR count). The number of rotatable bonds is 0. The second-order valence-electron chi connectivity index (χ2n) is 5.33. The van der Waals surface area contributed by atoms with E-state index in [1.165, 1.54) is 4.90 Å². The van der Waals surface area contributed by atoms with Crippen molar-refractivity contribution in [1.29, 1.82) is 0 Å². The molecule has 1 fully saturated rings. The van der Waals surface area contributed by atoms with E-state index in [0.717, 1.165) is 10.0 Å². The number of halogens is 3. The Balaban J connectivity index is 2.08. The first-order chi connectivity index (χ1) is 8.86. The molecule has 0 bridgehead atoms. The smallest absolute Gasteiger partial charge is 0.248 e. The van der Waals surface area contributed by atoms with Gasteiger partial charge < -0.3 is 0 Å². The number of pyridine rings is 1. The van der Waals surface area contributed by atoms with Crippen LogP contribution in [0.1, 0.15) is 31.2 Å². The molecule has 1 aromatic rings. The van der Waals surface area contributed by atoms with Crippen LogP contribution in [0.25, 0.3) is 0 Å². The summed E-state index contributed by atoms with van der Waals surface area (Å²) in [7, 11) is 1.66. The number of fused-ring (bicyclic) bond motifs is 2. The molecule has 0 radical (unpaired) electrons. The minimum Gasteiger partial charge on any atom is -0.299 e. The maximum atomic E-state index is 13.4. The van der Waals surface area contributed by atoms with Crippen molar-refractivity contribution in [2.75, 3.05) is 11.9 Å². The molecular formula is C13H13BrF2N2O. The molecule has 3 nitrogen and oxygen atoms in total. The van der Waals surface area contributed by atoms with Crippen LogP contribution in [0, 0.1) is 0 Å². The Kier molecular flexibility index (Phi) is 2.71. The highest BCUT2D eigenvalue weighted by molar-refractivity contribution is 9.10. The second kappa shape index (κ2) is 3.98. The van der Waals surface area contributed by atoms with Gasteiger partial charge >= 0.3 is 0 Å². The van der Waals surface area contributed by atoms with Crippen LogP contribution in [-0.4, -0.2) is 23.9 Å². The van der Waals surface area contributed by atoms with E-state index in [4.69, 9.17) is 0 Å². The summed E-state index contributed by atoms with van der Waals surface area (Å²) in [4.78, 5) is 18.2. The van der Waals surface area contributed by atoms with Crippen LogP contribution >= 0.6 is 15.9 Å². The SMILES string of the molecule is CN1C(=O)C2(CCC(F)(F)CC2)c2cc(Br)cnc21. The van der Waals surface area contributed by atoms with Gasteiger partial charge in [0.05, 0.1) is 5.41 Å². The molecule has 102 valence electrons. The van der Waals surface area contributed by atoms with Crippen molar-refractivity contribution in [3.8, 4) is 0 Å². The lowest BCUT2D eigenvalue weighted by Gasteiger charge is -2.35. The minimum atomic E-state index is -2.65. The van der Waals surface area contributed by atoms with Crippen LogP contribution in [0.2, 0.25) is 0 Å². The Morgan fingerprint density at radius 1 is 1.32 bits per heavy atom. The van der Waals surface area contributed by atoms with Gasteiger partial charge in [0.15, 0.2) is 0 Å². The molecule has 1 aliphatic carbocycles. The largest absolute Gasteiger partial charge is 0.299 e. The average molecular weight is 331 g/mol. The first-order valence-corrected chi connectivity index (χ1v) is 6.97. The van der Waals surface area contributed by atoms with E-state index in [0.29, 0.717) is 5.82 Å². The van der Waals surface area contributed by atoms with E-state index in [2.05, 4.69) is 20.9 Å². The number of anilines is 1. The van der Waals surface area contributed by atoms with E-state index >= 15 is 0 Å². The third-order valence-corrected chi connectivity index (χ3v) is 4.65. The second-order valence-corrected chi connectivity index (χ2v) is 6.24. The quantitative estimate of drug-likeness (QED) is 0.731. The van der Waals surface area contributed by atoms with Crippen molar-refractivity contribution in [2.45, 2.75) is 37.0 Å². The van der Waals surface area contributed by atoms with Crippen molar-refractivity contribution < 1.29 is 13.6 Å². The minimum absolute atomic E-state index is 0.108. The van der Waals surface area contributed by atoms with Crippen LogP contribution in [0.15, 0.2) is 16.7 Å². The van der Waals surface area contributed by atoms with Crippen LogP contribution in [0.3, 0.4) is 0 Å². The van der Waals surface area contributed by atoms with Crippen molar-refractivity contribution in [1.82, 2.24) is 4.98 Å². The number of aromatic nitrogens is 1. The lowest BCUT2D eigenvalue weighted by molar-refractivity contribution is -0.127. The molecule has 6 heteroatoms. The number of likely N-dealkylation sites (N-methyl/N-ethyl adjacent to an activating group) is 1. The third kappa shape index (κ3) is 1.80. The van der Waals surface area contributed by atoms with Crippen molar-refractivity contribution >= 4 is 27.7 Å². The third-order valence-electron chi connectivity index (χ3n) is 4.22. The van der Waals surface area contributed by atoms with E-state index in [-0.39, 0.29) is 31.6 Å². The predicted octanol–water partition coefficient (Wildman–Crippen LogP) is 3.27. The summed E-state index contributed by atoms with van der Waals surface area (Å²) in [5, 5.41) is 0. The molecule has 0 unspecified atom stereocenters. The zero-order valence-corrected chi connectivity index (χ0v) is 12.0. The maximum absolute atomic E-state index is 13.4. The summed E-state index contributed by atoms with van der Waals surface area (Å²) in [5.74, 6) is -2.16. The molecule has 2 heterocycles. The van der Waals surface area contributed by atoms with Gasteiger partial charge in [-0.15, -0.1) is 0 Å². The Morgan fingerprint density at radius 3 is 2.58 bits per heavy atom. The fourth-order valence-corrected chi connectivity index (χ4v) is 3.44. The van der Waals surface area contributed by atoms with Gasteiger partial charge in [0.1, 0.15) is 5.82 Å². The Morgan fingerprint density at radius 2 is 1.95 bits per heavy atom. The molecule has 19 heavy (non-hydrogen) atoms. The van der Waals surface area contributed by atoms with Crippen LogP contribution in [0.4, 0.5) is 14.6 Å². The lowest BCUT2D eigenvalue weighted by Crippen LogP contribution is -2.44.